The lowest BCUT2D eigenvalue weighted by Gasteiger charge is -2.37. The fourth-order valence-electron chi connectivity index (χ4n) is 1.78. The van der Waals surface area contributed by atoms with Crippen molar-refractivity contribution < 1.29 is 4.43 Å². The van der Waals surface area contributed by atoms with E-state index in [-0.39, 0.29) is 5.60 Å². The van der Waals surface area contributed by atoms with Gasteiger partial charge in [-0.15, -0.1) is 19.7 Å². The minimum Gasteiger partial charge on any atom is -0.409 e. The van der Waals surface area contributed by atoms with Gasteiger partial charge in [-0.1, -0.05) is 18.2 Å². The SMILES string of the molecule is C=CCCC(C=C)(CCC=C)O[Si](C)(C)C. The van der Waals surface area contributed by atoms with Gasteiger partial charge in [0.1, 0.15) is 0 Å². The fourth-order valence-corrected chi connectivity index (χ4v) is 3.28. The zero-order valence-electron chi connectivity index (χ0n) is 11.1. The van der Waals surface area contributed by atoms with E-state index in [0.717, 1.165) is 25.7 Å². The Labute approximate surface area is 102 Å². The summed E-state index contributed by atoms with van der Waals surface area (Å²) in [4.78, 5) is 0. The summed E-state index contributed by atoms with van der Waals surface area (Å²) in [6, 6.07) is 0. The van der Waals surface area contributed by atoms with Gasteiger partial charge in [0.15, 0.2) is 8.32 Å². The summed E-state index contributed by atoms with van der Waals surface area (Å²) in [6.45, 7) is 18.2. The molecule has 0 bridgehead atoms. The maximum absolute atomic E-state index is 6.30. The van der Waals surface area contributed by atoms with E-state index in [1.807, 2.05) is 18.2 Å². The molecule has 0 aliphatic rings. The van der Waals surface area contributed by atoms with E-state index in [1.165, 1.54) is 0 Å². The molecular weight excluding hydrogens is 212 g/mol. The normalized spacial score (nSPS) is 12.2. The first kappa shape index (κ1) is 15.4. The maximum atomic E-state index is 6.30. The quantitative estimate of drug-likeness (QED) is 0.418. The van der Waals surface area contributed by atoms with Crippen LogP contribution in [0.5, 0.6) is 0 Å². The molecule has 0 spiro atoms. The first-order valence-corrected chi connectivity index (χ1v) is 9.35. The highest BCUT2D eigenvalue weighted by Gasteiger charge is 2.31. The molecule has 16 heavy (non-hydrogen) atoms. The number of allylic oxidation sites excluding steroid dienone is 2. The molecular formula is C14H26OSi. The van der Waals surface area contributed by atoms with Crippen molar-refractivity contribution in [2.75, 3.05) is 0 Å². The Morgan fingerprint density at radius 3 is 1.69 bits per heavy atom. The van der Waals surface area contributed by atoms with E-state index >= 15 is 0 Å². The molecule has 0 heterocycles. The second-order valence-electron chi connectivity index (χ2n) is 5.14. The topological polar surface area (TPSA) is 9.23 Å². The van der Waals surface area contributed by atoms with Gasteiger partial charge in [-0.3, -0.25) is 0 Å². The van der Waals surface area contributed by atoms with Gasteiger partial charge in [-0.05, 0) is 45.3 Å². The summed E-state index contributed by atoms with van der Waals surface area (Å²) in [5, 5.41) is 0. The van der Waals surface area contributed by atoms with E-state index in [2.05, 4.69) is 39.4 Å². The Balaban J connectivity index is 4.71. The fraction of sp³-hybridized carbons (Fsp3) is 0.571. The Morgan fingerprint density at radius 2 is 1.44 bits per heavy atom. The molecule has 0 saturated carbocycles. The van der Waals surface area contributed by atoms with Crippen molar-refractivity contribution in [2.24, 2.45) is 0 Å². The van der Waals surface area contributed by atoms with E-state index in [0.29, 0.717) is 0 Å². The highest BCUT2D eigenvalue weighted by atomic mass is 28.4. The van der Waals surface area contributed by atoms with E-state index < -0.39 is 8.32 Å². The van der Waals surface area contributed by atoms with Crippen molar-refractivity contribution in [3.05, 3.63) is 38.0 Å². The molecule has 0 fully saturated rings. The molecule has 0 aromatic rings. The molecule has 0 aliphatic carbocycles. The van der Waals surface area contributed by atoms with Gasteiger partial charge in [-0.25, -0.2) is 0 Å². The smallest absolute Gasteiger partial charge is 0.184 e. The Kier molecular flexibility index (Phi) is 6.61. The van der Waals surface area contributed by atoms with Crippen LogP contribution in [-0.4, -0.2) is 13.9 Å². The molecule has 2 heteroatoms. The molecule has 0 amide bonds. The minimum atomic E-state index is -1.55. The van der Waals surface area contributed by atoms with Crippen LogP contribution in [0.1, 0.15) is 25.7 Å². The zero-order valence-corrected chi connectivity index (χ0v) is 12.1. The summed E-state index contributed by atoms with van der Waals surface area (Å²) in [5.74, 6) is 0. The van der Waals surface area contributed by atoms with Gasteiger partial charge >= 0.3 is 0 Å². The van der Waals surface area contributed by atoms with Crippen LogP contribution in [0.2, 0.25) is 19.6 Å². The van der Waals surface area contributed by atoms with Crippen molar-refractivity contribution in [1.29, 1.82) is 0 Å². The summed E-state index contributed by atoms with van der Waals surface area (Å²) < 4.78 is 6.30. The Hall–Kier alpha value is -0.603. The zero-order chi connectivity index (χ0) is 12.7. The average Bonchev–Trinajstić information content (AvgIpc) is 2.20. The van der Waals surface area contributed by atoms with E-state index in [1.54, 1.807) is 0 Å². The van der Waals surface area contributed by atoms with Gasteiger partial charge in [0.25, 0.3) is 0 Å². The molecule has 0 unspecified atom stereocenters. The highest BCUT2D eigenvalue weighted by Crippen LogP contribution is 2.29. The van der Waals surface area contributed by atoms with Gasteiger partial charge in [0.05, 0.1) is 5.60 Å². The monoisotopic (exact) mass is 238 g/mol. The molecule has 0 aromatic heterocycles. The molecule has 92 valence electrons. The van der Waals surface area contributed by atoms with Crippen LogP contribution in [0.25, 0.3) is 0 Å². The van der Waals surface area contributed by atoms with Gasteiger partial charge < -0.3 is 4.43 Å². The lowest BCUT2D eigenvalue weighted by molar-refractivity contribution is 0.0945. The van der Waals surface area contributed by atoms with Gasteiger partial charge in [0, 0.05) is 0 Å². The number of hydrogen-bond acceptors (Lipinski definition) is 1. The predicted molar refractivity (Wildman–Crippen MR) is 76.2 cm³/mol. The van der Waals surface area contributed by atoms with Crippen molar-refractivity contribution in [3.8, 4) is 0 Å². The molecule has 0 aliphatic heterocycles. The van der Waals surface area contributed by atoms with Crippen LogP contribution in [0.4, 0.5) is 0 Å². The second kappa shape index (κ2) is 6.87. The van der Waals surface area contributed by atoms with Crippen molar-refractivity contribution in [3.63, 3.8) is 0 Å². The summed E-state index contributed by atoms with van der Waals surface area (Å²) in [7, 11) is -1.55. The van der Waals surface area contributed by atoms with Gasteiger partial charge in [0.2, 0.25) is 0 Å². The predicted octanol–water partition coefficient (Wildman–Crippen LogP) is 4.70. The lowest BCUT2D eigenvalue weighted by Crippen LogP contribution is -2.41. The van der Waals surface area contributed by atoms with Crippen LogP contribution >= 0.6 is 0 Å². The summed E-state index contributed by atoms with van der Waals surface area (Å²) in [5.41, 5.74) is -0.188. The first-order chi connectivity index (χ1) is 7.39. The van der Waals surface area contributed by atoms with E-state index in [4.69, 9.17) is 4.43 Å². The molecule has 0 atom stereocenters. The molecule has 0 radical (unpaired) electrons. The Bertz CT molecular complexity index is 226. The molecule has 0 aromatic carbocycles. The maximum Gasteiger partial charge on any atom is 0.184 e. The second-order valence-corrected chi connectivity index (χ2v) is 9.57. The molecule has 0 saturated heterocycles. The number of rotatable bonds is 9. The lowest BCUT2D eigenvalue weighted by atomic mass is 9.92. The third kappa shape index (κ3) is 6.08. The third-order valence-electron chi connectivity index (χ3n) is 2.42. The molecule has 1 nitrogen and oxygen atoms in total. The average molecular weight is 238 g/mol. The first-order valence-electron chi connectivity index (χ1n) is 5.95. The number of hydrogen-bond donors (Lipinski definition) is 0. The summed E-state index contributed by atoms with van der Waals surface area (Å²) in [6.07, 6.45) is 9.73. The summed E-state index contributed by atoms with van der Waals surface area (Å²) >= 11 is 0. The van der Waals surface area contributed by atoms with Crippen molar-refractivity contribution in [2.45, 2.75) is 50.9 Å². The molecule has 0 N–H and O–H groups in total. The van der Waals surface area contributed by atoms with Crippen LogP contribution < -0.4 is 0 Å². The highest BCUT2D eigenvalue weighted by molar-refractivity contribution is 6.69. The Morgan fingerprint density at radius 1 is 1.00 bits per heavy atom. The van der Waals surface area contributed by atoms with Crippen LogP contribution in [-0.2, 0) is 4.43 Å². The minimum absolute atomic E-state index is 0.188. The molecule has 0 rings (SSSR count). The largest absolute Gasteiger partial charge is 0.409 e. The van der Waals surface area contributed by atoms with Crippen LogP contribution in [0.15, 0.2) is 38.0 Å². The van der Waals surface area contributed by atoms with E-state index in [9.17, 15) is 0 Å². The van der Waals surface area contributed by atoms with Crippen molar-refractivity contribution >= 4 is 8.32 Å². The van der Waals surface area contributed by atoms with Crippen LogP contribution in [0.3, 0.4) is 0 Å². The van der Waals surface area contributed by atoms with Gasteiger partial charge in [-0.2, -0.15) is 0 Å². The van der Waals surface area contributed by atoms with Crippen LogP contribution in [0, 0.1) is 0 Å². The third-order valence-corrected chi connectivity index (χ3v) is 3.44. The van der Waals surface area contributed by atoms with Crippen molar-refractivity contribution in [1.82, 2.24) is 0 Å². The standard InChI is InChI=1S/C14H26OSi/c1-7-10-12-14(9-3,13-11-8-2)15-16(4,5)6/h7-9H,1-3,10-13H2,4-6H3.